The molecule has 2 aliphatic rings. The van der Waals surface area contributed by atoms with Crippen molar-refractivity contribution < 1.29 is 12.3 Å². The number of rotatable bonds is 15. The lowest BCUT2D eigenvalue weighted by molar-refractivity contribution is 0.252. The molecule has 0 heterocycles. The number of hydrogen-bond donors (Lipinski definition) is 0. The molecule has 0 N–H and O–H groups in total. The molecule has 0 saturated heterocycles. The van der Waals surface area contributed by atoms with E-state index in [1.54, 1.807) is 0 Å². The molecule has 7 heteroatoms. The SMILES string of the molecule is C[Si](O[Si](CCC1CC2C=CC1C2)(O[Si](C)(c1ccccc1)c1ccccc1)O[Si](C)(c1ccccc1)c1ccccc1)(c1ccccc1)c1ccccc1. The molecule has 6 aromatic carbocycles. The third-order valence-electron chi connectivity index (χ3n) is 12.3. The normalized spacial score (nSPS) is 18.4. The highest BCUT2D eigenvalue weighted by Crippen LogP contribution is 2.46. The van der Waals surface area contributed by atoms with E-state index in [-0.39, 0.29) is 0 Å². The number of allylic oxidation sites excluding steroid dienone is 2. The maximum Gasteiger partial charge on any atom is 0.471 e. The quantitative estimate of drug-likeness (QED) is 0.0788. The molecule has 3 nitrogen and oxygen atoms in total. The standard InChI is InChI=1S/C48H52O3Si4/c1-52(43-22-10-4-11-23-43,44-24-12-5-13-25-44)49-55(37-36-42-39-40-34-35-41(42)38-40,50-53(2,45-26-14-6-15-27-45)46-28-16-7-17-29-46)51-54(3,47-30-18-8-19-31-47)48-32-20-9-21-33-48/h4-35,40-42H,36-39H2,1-3H3. The second-order valence-corrected chi connectivity index (χ2v) is 29.8. The van der Waals surface area contributed by atoms with Crippen LogP contribution in [0.1, 0.15) is 19.3 Å². The van der Waals surface area contributed by atoms with E-state index in [2.05, 4.69) is 214 Å². The van der Waals surface area contributed by atoms with Crippen molar-refractivity contribution in [1.82, 2.24) is 0 Å². The highest BCUT2D eigenvalue weighted by molar-refractivity contribution is 7.07. The smallest absolute Gasteiger partial charge is 0.408 e. The Morgan fingerprint density at radius 1 is 0.400 bits per heavy atom. The summed E-state index contributed by atoms with van der Waals surface area (Å²) in [5.41, 5.74) is 0. The van der Waals surface area contributed by atoms with E-state index in [1.807, 2.05) is 0 Å². The Morgan fingerprint density at radius 2 is 0.691 bits per heavy atom. The van der Waals surface area contributed by atoms with Crippen molar-refractivity contribution in [2.45, 2.75) is 44.9 Å². The Bertz CT molecular complexity index is 1820. The Kier molecular flexibility index (Phi) is 11.1. The van der Waals surface area contributed by atoms with Gasteiger partial charge in [-0.15, -0.1) is 0 Å². The van der Waals surface area contributed by atoms with Crippen LogP contribution in [0.3, 0.4) is 0 Å². The first-order valence-electron chi connectivity index (χ1n) is 19.9. The lowest BCUT2D eigenvalue weighted by atomic mass is 9.91. The first kappa shape index (κ1) is 37.7. The molecule has 0 amide bonds. The minimum atomic E-state index is -3.73. The average molecular weight is 789 g/mol. The Morgan fingerprint density at radius 3 is 0.927 bits per heavy atom. The highest BCUT2D eigenvalue weighted by Gasteiger charge is 2.58. The van der Waals surface area contributed by atoms with Crippen LogP contribution in [-0.4, -0.2) is 33.8 Å². The number of fused-ring (bicyclic) bond motifs is 2. The van der Waals surface area contributed by atoms with Gasteiger partial charge in [-0.3, -0.25) is 0 Å². The van der Waals surface area contributed by atoms with Crippen molar-refractivity contribution in [3.05, 3.63) is 194 Å². The summed E-state index contributed by atoms with van der Waals surface area (Å²) in [5, 5.41) is 7.33. The van der Waals surface area contributed by atoms with E-state index in [4.69, 9.17) is 12.3 Å². The van der Waals surface area contributed by atoms with Crippen LogP contribution >= 0.6 is 0 Å². The molecule has 0 radical (unpaired) electrons. The summed E-state index contributed by atoms with van der Waals surface area (Å²) in [4.78, 5) is 0. The summed E-state index contributed by atoms with van der Waals surface area (Å²) in [7, 11) is -12.7. The molecule has 278 valence electrons. The van der Waals surface area contributed by atoms with Gasteiger partial charge < -0.3 is 12.3 Å². The van der Waals surface area contributed by atoms with Crippen molar-refractivity contribution in [3.8, 4) is 0 Å². The summed E-state index contributed by atoms with van der Waals surface area (Å²) in [5.74, 6) is 1.88. The second kappa shape index (κ2) is 16.1. The number of benzene rings is 6. The van der Waals surface area contributed by atoms with Crippen LogP contribution in [-0.2, 0) is 12.3 Å². The van der Waals surface area contributed by atoms with Gasteiger partial charge in [-0.05, 0) is 87.8 Å². The first-order chi connectivity index (χ1) is 26.8. The lowest BCUT2D eigenvalue weighted by Crippen LogP contribution is -2.75. The van der Waals surface area contributed by atoms with Crippen molar-refractivity contribution in [3.63, 3.8) is 0 Å². The van der Waals surface area contributed by atoms with E-state index in [0.717, 1.165) is 12.5 Å². The topological polar surface area (TPSA) is 27.7 Å². The molecule has 2 bridgehead atoms. The average Bonchev–Trinajstić information content (AvgIpc) is 3.89. The minimum absolute atomic E-state index is 0.585. The summed E-state index contributed by atoms with van der Waals surface area (Å²) in [6.45, 7) is 7.13. The van der Waals surface area contributed by atoms with Gasteiger partial charge in [0.25, 0.3) is 0 Å². The van der Waals surface area contributed by atoms with E-state index >= 15 is 0 Å². The van der Waals surface area contributed by atoms with Crippen molar-refractivity contribution in [2.75, 3.05) is 0 Å². The fourth-order valence-corrected chi connectivity index (χ4v) is 29.0. The van der Waals surface area contributed by atoms with Crippen molar-refractivity contribution in [2.24, 2.45) is 17.8 Å². The van der Waals surface area contributed by atoms with Crippen LogP contribution in [0.2, 0.25) is 25.7 Å². The second-order valence-electron chi connectivity index (χ2n) is 15.9. The monoisotopic (exact) mass is 788 g/mol. The van der Waals surface area contributed by atoms with Crippen LogP contribution in [0.25, 0.3) is 0 Å². The fourth-order valence-electron chi connectivity index (χ4n) is 9.13. The van der Waals surface area contributed by atoms with Gasteiger partial charge >= 0.3 is 8.80 Å². The molecule has 1 saturated carbocycles. The molecule has 6 aromatic rings. The molecular weight excluding hydrogens is 737 g/mol. The third kappa shape index (κ3) is 7.80. The van der Waals surface area contributed by atoms with E-state index in [9.17, 15) is 0 Å². The number of hydrogen-bond acceptors (Lipinski definition) is 3. The van der Waals surface area contributed by atoms with Gasteiger partial charge in [-0.2, -0.15) is 0 Å². The van der Waals surface area contributed by atoms with Crippen molar-refractivity contribution in [1.29, 1.82) is 0 Å². The van der Waals surface area contributed by atoms with Crippen LogP contribution in [0, 0.1) is 17.8 Å². The van der Waals surface area contributed by atoms with Crippen LogP contribution in [0.15, 0.2) is 194 Å². The fraction of sp³-hybridized carbons (Fsp3) is 0.208. The molecule has 2 aliphatic carbocycles. The zero-order valence-corrected chi connectivity index (χ0v) is 36.3. The van der Waals surface area contributed by atoms with Gasteiger partial charge in [0, 0.05) is 6.04 Å². The van der Waals surface area contributed by atoms with E-state index in [1.165, 1.54) is 44.0 Å². The zero-order valence-electron chi connectivity index (χ0n) is 32.3. The molecular formula is C48H52O3Si4. The van der Waals surface area contributed by atoms with Gasteiger partial charge in [0.05, 0.1) is 0 Å². The van der Waals surface area contributed by atoms with Gasteiger partial charge in [-0.1, -0.05) is 194 Å². The molecule has 0 aliphatic heterocycles. The highest BCUT2D eigenvalue weighted by atomic mass is 28.5. The van der Waals surface area contributed by atoms with Gasteiger partial charge in [0.2, 0.25) is 25.0 Å². The zero-order chi connectivity index (χ0) is 37.8. The summed E-state index contributed by atoms with van der Waals surface area (Å²) >= 11 is 0. The molecule has 55 heavy (non-hydrogen) atoms. The van der Waals surface area contributed by atoms with Crippen LogP contribution in [0.5, 0.6) is 0 Å². The first-order valence-corrected chi connectivity index (χ1v) is 29.1. The van der Waals surface area contributed by atoms with E-state index in [0.29, 0.717) is 17.8 Å². The molecule has 0 aromatic heterocycles. The largest absolute Gasteiger partial charge is 0.471 e. The predicted molar refractivity (Wildman–Crippen MR) is 239 cm³/mol. The Hall–Kier alpha value is -4.19. The molecule has 1 fully saturated rings. The molecule has 3 unspecified atom stereocenters. The maximum absolute atomic E-state index is 8.30. The maximum atomic E-state index is 8.30. The molecule has 0 spiro atoms. The van der Waals surface area contributed by atoms with Crippen LogP contribution in [0.4, 0.5) is 0 Å². The molecule has 3 atom stereocenters. The van der Waals surface area contributed by atoms with Crippen LogP contribution < -0.4 is 31.1 Å². The van der Waals surface area contributed by atoms with Gasteiger partial charge in [-0.25, -0.2) is 0 Å². The summed E-state index contributed by atoms with van der Waals surface area (Å²) < 4.78 is 24.9. The molecule has 8 rings (SSSR count). The van der Waals surface area contributed by atoms with Gasteiger partial charge in [0.15, 0.2) is 0 Å². The lowest BCUT2D eigenvalue weighted by Gasteiger charge is -2.48. The van der Waals surface area contributed by atoms with Gasteiger partial charge in [0.1, 0.15) is 0 Å². The predicted octanol–water partition coefficient (Wildman–Crippen LogP) is 7.75. The Labute approximate surface area is 332 Å². The Balaban J connectivity index is 1.38. The van der Waals surface area contributed by atoms with Crippen molar-refractivity contribution >= 4 is 64.9 Å². The summed E-state index contributed by atoms with van der Waals surface area (Å²) in [6, 6.07) is 66.3. The van der Waals surface area contributed by atoms with E-state index < -0.39 is 33.8 Å². The summed E-state index contributed by atoms with van der Waals surface area (Å²) in [6.07, 6.45) is 8.44. The third-order valence-corrected chi connectivity index (χ3v) is 30.4. The minimum Gasteiger partial charge on any atom is -0.408 e.